The predicted octanol–water partition coefficient (Wildman–Crippen LogP) is 6.21. The van der Waals surface area contributed by atoms with Gasteiger partial charge >= 0.3 is 11.9 Å². The van der Waals surface area contributed by atoms with E-state index < -0.39 is 18.0 Å². The lowest BCUT2D eigenvalue weighted by Crippen LogP contribution is -2.40. The Morgan fingerprint density at radius 3 is 1.44 bits per heavy atom. The van der Waals surface area contributed by atoms with Crippen LogP contribution >= 0.6 is 0 Å². The van der Waals surface area contributed by atoms with Crippen LogP contribution < -0.4 is 10.6 Å². The molecule has 0 aromatic heterocycles. The molecule has 0 heterocycles. The van der Waals surface area contributed by atoms with Gasteiger partial charge < -0.3 is 30.3 Å². The highest BCUT2D eigenvalue weighted by Crippen LogP contribution is 2.14. The van der Waals surface area contributed by atoms with Crippen molar-refractivity contribution >= 4 is 29.5 Å². The topological polar surface area (TPSA) is 168 Å². The molecule has 0 aromatic rings. The quantitative estimate of drug-likeness (QED) is 0.0642. The maximum atomic E-state index is 11.7. The molecule has 0 unspecified atom stereocenters. The molecule has 0 saturated heterocycles. The number of carbonyl (C=O) groups is 5. The number of carbonyl (C=O) groups excluding carboxylic acids is 3. The van der Waals surface area contributed by atoms with Crippen LogP contribution in [0.3, 0.4) is 0 Å². The van der Waals surface area contributed by atoms with Gasteiger partial charge in [-0.1, -0.05) is 104 Å². The zero-order valence-corrected chi connectivity index (χ0v) is 28.5. The van der Waals surface area contributed by atoms with Crippen LogP contribution in [0.5, 0.6) is 0 Å². The minimum atomic E-state index is -0.962. The monoisotopic (exact) mass is 644 g/mol. The number of unbranched alkanes of at least 4 members (excludes halogenated alkanes) is 15. The Morgan fingerprint density at radius 1 is 0.600 bits per heavy atom. The third kappa shape index (κ3) is 37.6. The summed E-state index contributed by atoms with van der Waals surface area (Å²) >= 11 is 0. The highest BCUT2D eigenvalue weighted by molar-refractivity contribution is 5.83. The van der Waals surface area contributed by atoms with Gasteiger partial charge in [0.05, 0.1) is 19.8 Å². The molecular weight excluding hydrogens is 580 g/mol. The number of nitrogens with one attached hydrogen (secondary N) is 2. The number of Topliss-reactive ketones (excluding diaryl/α,β-unsaturated/α-hetero) is 1. The molecule has 0 fully saturated rings. The van der Waals surface area contributed by atoms with Crippen molar-refractivity contribution in [1.82, 2.24) is 10.6 Å². The molecule has 0 aliphatic heterocycles. The van der Waals surface area contributed by atoms with E-state index in [1.165, 1.54) is 77.6 Å². The third-order valence-electron chi connectivity index (χ3n) is 7.15. The summed E-state index contributed by atoms with van der Waals surface area (Å²) in [6.45, 7) is 6.99. The number of ether oxygens (including phenoxy) is 2. The normalized spacial score (nSPS) is 11.3. The van der Waals surface area contributed by atoms with E-state index in [9.17, 15) is 24.0 Å². The molecule has 11 heteroatoms. The summed E-state index contributed by atoms with van der Waals surface area (Å²) in [5, 5.41) is 22.7. The van der Waals surface area contributed by atoms with E-state index in [1.54, 1.807) is 13.8 Å². The van der Waals surface area contributed by atoms with E-state index >= 15 is 0 Å². The van der Waals surface area contributed by atoms with E-state index in [1.807, 2.05) is 0 Å². The largest absolute Gasteiger partial charge is 0.481 e. The average molecular weight is 645 g/mol. The van der Waals surface area contributed by atoms with E-state index in [0.717, 1.165) is 32.1 Å². The second-order valence-electron chi connectivity index (χ2n) is 11.5. The second kappa shape index (κ2) is 34.3. The first-order valence-corrected chi connectivity index (χ1v) is 17.3. The molecule has 0 aliphatic rings. The number of hydrogen-bond donors (Lipinski definition) is 4. The van der Waals surface area contributed by atoms with Gasteiger partial charge in [0.15, 0.2) is 5.78 Å². The maximum absolute atomic E-state index is 11.7. The summed E-state index contributed by atoms with van der Waals surface area (Å²) in [5.41, 5.74) is 0. The fourth-order valence-corrected chi connectivity index (χ4v) is 4.47. The smallest absolute Gasteiger partial charge is 0.326 e. The van der Waals surface area contributed by atoms with Crippen molar-refractivity contribution in [2.24, 2.45) is 0 Å². The van der Waals surface area contributed by atoms with Crippen molar-refractivity contribution in [2.45, 2.75) is 155 Å². The van der Waals surface area contributed by atoms with Gasteiger partial charge in [0.2, 0.25) is 11.8 Å². The summed E-state index contributed by atoms with van der Waals surface area (Å²) < 4.78 is 10.1. The van der Waals surface area contributed by atoms with Gasteiger partial charge in [0.1, 0.15) is 12.6 Å². The minimum absolute atomic E-state index is 0.00482. The lowest BCUT2D eigenvalue weighted by molar-refractivity contribution is -0.142. The van der Waals surface area contributed by atoms with Crippen LogP contribution in [-0.4, -0.2) is 78.8 Å². The average Bonchev–Trinajstić information content (AvgIpc) is 3.00. The van der Waals surface area contributed by atoms with Gasteiger partial charge in [-0.3, -0.25) is 19.2 Å². The van der Waals surface area contributed by atoms with Crippen molar-refractivity contribution < 1.29 is 43.7 Å². The van der Waals surface area contributed by atoms with Crippen molar-refractivity contribution in [3.63, 3.8) is 0 Å². The van der Waals surface area contributed by atoms with E-state index in [4.69, 9.17) is 19.7 Å². The molecule has 45 heavy (non-hydrogen) atoms. The Hall–Kier alpha value is -2.53. The molecule has 0 aromatic carbocycles. The molecule has 2 amide bonds. The lowest BCUT2D eigenvalue weighted by atomic mass is 10.0. The van der Waals surface area contributed by atoms with Crippen LogP contribution in [0.15, 0.2) is 0 Å². The van der Waals surface area contributed by atoms with Gasteiger partial charge in [-0.05, 0) is 26.2 Å². The van der Waals surface area contributed by atoms with Crippen LogP contribution in [0.2, 0.25) is 0 Å². The van der Waals surface area contributed by atoms with Crippen LogP contribution in [0.25, 0.3) is 0 Å². The Morgan fingerprint density at radius 2 is 1.04 bits per heavy atom. The number of rotatable bonds is 31. The summed E-state index contributed by atoms with van der Waals surface area (Å²) in [4.78, 5) is 54.3. The number of aliphatic carboxylic acids is 2. The first-order chi connectivity index (χ1) is 21.6. The maximum Gasteiger partial charge on any atom is 0.326 e. The van der Waals surface area contributed by atoms with Gasteiger partial charge in [0.25, 0.3) is 0 Å². The highest BCUT2D eigenvalue weighted by Gasteiger charge is 2.16. The number of carboxylic acids is 2. The van der Waals surface area contributed by atoms with Crippen molar-refractivity contribution in [3.8, 4) is 0 Å². The Balaban J connectivity index is 0. The SMILES string of the molecule is CCC(=O)NCCOCCOCC(C)=O.CC[C@H](NC(=O)CCCCCCCCCCCCCCCCCCC(=O)O)C(=O)O. The van der Waals surface area contributed by atoms with Crippen molar-refractivity contribution in [2.75, 3.05) is 33.0 Å². The van der Waals surface area contributed by atoms with Crippen molar-refractivity contribution in [3.05, 3.63) is 0 Å². The first-order valence-electron chi connectivity index (χ1n) is 17.3. The van der Waals surface area contributed by atoms with E-state index in [-0.39, 0.29) is 24.2 Å². The molecule has 0 radical (unpaired) electrons. The minimum Gasteiger partial charge on any atom is -0.481 e. The molecule has 0 bridgehead atoms. The van der Waals surface area contributed by atoms with Gasteiger partial charge in [0, 0.05) is 25.8 Å². The molecule has 4 N–H and O–H groups in total. The summed E-state index contributed by atoms with van der Waals surface area (Å²) in [5.74, 6) is -1.77. The fraction of sp³-hybridized carbons (Fsp3) is 0.853. The molecular formula is C34H64N2O9. The number of ketones is 1. The summed E-state index contributed by atoms with van der Waals surface area (Å²) in [6, 6.07) is -0.757. The van der Waals surface area contributed by atoms with Gasteiger partial charge in [-0.15, -0.1) is 0 Å². The molecule has 0 saturated carbocycles. The Bertz CT molecular complexity index is 762. The molecule has 0 spiro atoms. The number of carboxylic acid groups (broad SMARTS) is 2. The zero-order valence-electron chi connectivity index (χ0n) is 28.5. The first kappa shape index (κ1) is 44.6. The molecule has 1 atom stereocenters. The number of hydrogen-bond acceptors (Lipinski definition) is 7. The Labute approximate surface area is 272 Å². The highest BCUT2D eigenvalue weighted by atomic mass is 16.5. The molecule has 0 aliphatic carbocycles. The third-order valence-corrected chi connectivity index (χ3v) is 7.15. The van der Waals surface area contributed by atoms with Crippen LogP contribution in [-0.2, 0) is 33.4 Å². The molecule has 11 nitrogen and oxygen atoms in total. The molecule has 0 rings (SSSR count). The van der Waals surface area contributed by atoms with E-state index in [2.05, 4.69) is 10.6 Å². The van der Waals surface area contributed by atoms with E-state index in [0.29, 0.717) is 52.0 Å². The van der Waals surface area contributed by atoms with Gasteiger partial charge in [-0.25, -0.2) is 4.79 Å². The summed E-state index contributed by atoms with van der Waals surface area (Å²) in [6.07, 6.45) is 20.5. The molecule has 264 valence electrons. The standard InChI is InChI=1S/C24H45NO5.C10H19NO4/c1-2-21(24(29)30)25-22(26)19-17-15-13-11-9-7-5-3-4-6-8-10-12-14-16-18-20-23(27)28;1-3-10(13)11-4-5-14-6-7-15-8-9(2)12/h21H,2-20H2,1H3,(H,25,26)(H,27,28)(H,29,30);3-8H2,1-2H3,(H,11,13)/t21-;/m0./s1. The fourth-order valence-electron chi connectivity index (χ4n) is 4.47. The van der Waals surface area contributed by atoms with Gasteiger partial charge in [-0.2, -0.15) is 0 Å². The van der Waals surface area contributed by atoms with Crippen LogP contribution in [0.1, 0.15) is 149 Å². The summed E-state index contributed by atoms with van der Waals surface area (Å²) in [7, 11) is 0. The second-order valence-corrected chi connectivity index (χ2v) is 11.5. The Kier molecular flexibility index (Phi) is 34.0. The van der Waals surface area contributed by atoms with Crippen LogP contribution in [0, 0.1) is 0 Å². The number of amides is 2. The predicted molar refractivity (Wildman–Crippen MR) is 176 cm³/mol. The lowest BCUT2D eigenvalue weighted by Gasteiger charge is -2.11. The van der Waals surface area contributed by atoms with Crippen LogP contribution in [0.4, 0.5) is 0 Å². The zero-order chi connectivity index (χ0) is 34.0. The van der Waals surface area contributed by atoms with Crippen molar-refractivity contribution in [1.29, 1.82) is 0 Å².